The van der Waals surface area contributed by atoms with E-state index in [2.05, 4.69) is 5.32 Å². The van der Waals surface area contributed by atoms with Gasteiger partial charge < -0.3 is 5.32 Å². The largest absolute Gasteiger partial charge is 0.322 e. The molecular formula is C15H13Cl2NO. The number of nitrogens with one attached hydrogen (secondary N) is 1. The lowest BCUT2D eigenvalue weighted by atomic mass is 10.1. The van der Waals surface area contributed by atoms with Gasteiger partial charge in [-0.1, -0.05) is 41.4 Å². The Hall–Kier alpha value is -1.51. The molecule has 1 N–H and O–H groups in total. The molecule has 19 heavy (non-hydrogen) atoms. The lowest BCUT2D eigenvalue weighted by Crippen LogP contribution is -2.13. The van der Waals surface area contributed by atoms with E-state index in [4.69, 9.17) is 23.2 Å². The fourth-order valence-electron chi connectivity index (χ4n) is 1.83. The topological polar surface area (TPSA) is 29.1 Å². The van der Waals surface area contributed by atoms with Gasteiger partial charge in [-0.3, -0.25) is 4.79 Å². The molecule has 0 atom stereocenters. The zero-order valence-corrected chi connectivity index (χ0v) is 12.1. The summed E-state index contributed by atoms with van der Waals surface area (Å²) in [5.41, 5.74) is 3.36. The number of halogens is 2. The molecule has 0 bridgehead atoms. The highest BCUT2D eigenvalue weighted by Gasteiger charge is 2.10. The van der Waals surface area contributed by atoms with Crippen molar-refractivity contribution in [3.05, 3.63) is 63.1 Å². The van der Waals surface area contributed by atoms with Crippen LogP contribution in [0.25, 0.3) is 0 Å². The molecule has 4 heteroatoms. The third-order valence-corrected chi connectivity index (χ3v) is 3.64. The molecule has 0 spiro atoms. The van der Waals surface area contributed by atoms with E-state index in [1.165, 1.54) is 0 Å². The van der Waals surface area contributed by atoms with Gasteiger partial charge in [-0.25, -0.2) is 0 Å². The van der Waals surface area contributed by atoms with E-state index in [0.29, 0.717) is 15.6 Å². The zero-order valence-electron chi connectivity index (χ0n) is 10.6. The van der Waals surface area contributed by atoms with Crippen LogP contribution in [-0.2, 0) is 0 Å². The number of hydrogen-bond donors (Lipinski definition) is 1. The molecule has 0 saturated heterocycles. The summed E-state index contributed by atoms with van der Waals surface area (Å²) in [6.07, 6.45) is 0. The second kappa shape index (κ2) is 5.64. The van der Waals surface area contributed by atoms with Crippen LogP contribution < -0.4 is 5.32 Å². The smallest absolute Gasteiger partial charge is 0.255 e. The predicted molar refractivity (Wildman–Crippen MR) is 80.3 cm³/mol. The molecule has 2 aromatic rings. The van der Waals surface area contributed by atoms with Crippen molar-refractivity contribution in [2.45, 2.75) is 13.8 Å². The maximum Gasteiger partial charge on any atom is 0.255 e. The highest BCUT2D eigenvalue weighted by molar-refractivity contribution is 6.42. The number of aryl methyl sites for hydroxylation is 2. The van der Waals surface area contributed by atoms with Crippen molar-refractivity contribution in [3.63, 3.8) is 0 Å². The van der Waals surface area contributed by atoms with Crippen molar-refractivity contribution in [2.75, 3.05) is 5.32 Å². The molecule has 98 valence electrons. The van der Waals surface area contributed by atoms with E-state index >= 15 is 0 Å². The summed E-state index contributed by atoms with van der Waals surface area (Å²) in [4.78, 5) is 12.2. The molecular weight excluding hydrogens is 281 g/mol. The van der Waals surface area contributed by atoms with E-state index in [9.17, 15) is 4.79 Å². The number of anilines is 1. The summed E-state index contributed by atoms with van der Waals surface area (Å²) in [6, 6.07) is 10.7. The minimum atomic E-state index is -0.198. The number of carbonyl (C=O) groups is 1. The molecule has 0 aliphatic carbocycles. The lowest BCUT2D eigenvalue weighted by molar-refractivity contribution is 0.102. The van der Waals surface area contributed by atoms with Crippen molar-refractivity contribution >= 4 is 34.8 Å². The number of hydrogen-bond acceptors (Lipinski definition) is 1. The SMILES string of the molecule is Cc1cccc(C)c1NC(=O)c1ccc(Cl)c(Cl)c1. The number of benzene rings is 2. The fourth-order valence-corrected chi connectivity index (χ4v) is 2.13. The van der Waals surface area contributed by atoms with Crippen molar-refractivity contribution in [1.82, 2.24) is 0 Å². The van der Waals surface area contributed by atoms with E-state index in [0.717, 1.165) is 16.8 Å². The van der Waals surface area contributed by atoms with Crippen LogP contribution in [0.15, 0.2) is 36.4 Å². The normalized spacial score (nSPS) is 10.3. The van der Waals surface area contributed by atoms with Crippen LogP contribution in [0.3, 0.4) is 0 Å². The van der Waals surface area contributed by atoms with Crippen LogP contribution in [0.5, 0.6) is 0 Å². The summed E-state index contributed by atoms with van der Waals surface area (Å²) in [6.45, 7) is 3.91. The molecule has 0 aliphatic heterocycles. The van der Waals surface area contributed by atoms with Crippen molar-refractivity contribution < 1.29 is 4.79 Å². The van der Waals surface area contributed by atoms with E-state index in [1.807, 2.05) is 32.0 Å². The highest BCUT2D eigenvalue weighted by atomic mass is 35.5. The van der Waals surface area contributed by atoms with Crippen LogP contribution in [0.2, 0.25) is 10.0 Å². The monoisotopic (exact) mass is 293 g/mol. The quantitative estimate of drug-likeness (QED) is 0.841. The maximum atomic E-state index is 12.2. The van der Waals surface area contributed by atoms with Gasteiger partial charge in [0.1, 0.15) is 0 Å². The summed E-state index contributed by atoms with van der Waals surface area (Å²) >= 11 is 11.7. The Labute approximate surface area is 122 Å². The summed E-state index contributed by atoms with van der Waals surface area (Å²) in [5.74, 6) is -0.198. The molecule has 0 saturated carbocycles. The van der Waals surface area contributed by atoms with Crippen molar-refractivity contribution in [2.24, 2.45) is 0 Å². The minimum absolute atomic E-state index is 0.198. The van der Waals surface area contributed by atoms with Gasteiger partial charge in [0.25, 0.3) is 5.91 Å². The molecule has 1 amide bonds. The first-order valence-electron chi connectivity index (χ1n) is 5.81. The first-order valence-corrected chi connectivity index (χ1v) is 6.57. The summed E-state index contributed by atoms with van der Waals surface area (Å²) in [5, 5.41) is 3.71. The Morgan fingerprint density at radius 3 is 2.21 bits per heavy atom. The Kier molecular flexibility index (Phi) is 4.13. The third-order valence-electron chi connectivity index (χ3n) is 2.90. The van der Waals surface area contributed by atoms with Gasteiger partial charge in [0.15, 0.2) is 0 Å². The lowest BCUT2D eigenvalue weighted by Gasteiger charge is -2.11. The van der Waals surface area contributed by atoms with Crippen molar-refractivity contribution in [1.29, 1.82) is 0 Å². The molecule has 0 radical (unpaired) electrons. The molecule has 0 heterocycles. The molecule has 0 unspecified atom stereocenters. The molecule has 2 nitrogen and oxygen atoms in total. The first-order chi connectivity index (χ1) is 8.99. The average Bonchev–Trinajstić information content (AvgIpc) is 2.37. The standard InChI is InChI=1S/C15H13Cl2NO/c1-9-4-3-5-10(2)14(9)18-15(19)11-6-7-12(16)13(17)8-11/h3-8H,1-2H3,(H,18,19). The molecule has 2 rings (SSSR count). The number of rotatable bonds is 2. The van der Waals surface area contributed by atoms with Gasteiger partial charge in [0.05, 0.1) is 10.0 Å². The van der Waals surface area contributed by atoms with Crippen LogP contribution in [0.4, 0.5) is 5.69 Å². The Morgan fingerprint density at radius 1 is 1.00 bits per heavy atom. The first kappa shape index (κ1) is 13.9. The Balaban J connectivity index is 2.28. The maximum absolute atomic E-state index is 12.2. The zero-order chi connectivity index (χ0) is 14.0. The van der Waals surface area contributed by atoms with Crippen LogP contribution in [0, 0.1) is 13.8 Å². The van der Waals surface area contributed by atoms with Gasteiger partial charge in [0, 0.05) is 11.3 Å². The minimum Gasteiger partial charge on any atom is -0.322 e. The van der Waals surface area contributed by atoms with Gasteiger partial charge >= 0.3 is 0 Å². The fraction of sp³-hybridized carbons (Fsp3) is 0.133. The molecule has 0 fully saturated rings. The van der Waals surface area contributed by atoms with Gasteiger partial charge in [-0.05, 0) is 43.2 Å². The third kappa shape index (κ3) is 3.09. The number of carbonyl (C=O) groups excluding carboxylic acids is 1. The predicted octanol–water partition coefficient (Wildman–Crippen LogP) is 4.86. The Bertz CT molecular complexity index is 618. The van der Waals surface area contributed by atoms with Crippen molar-refractivity contribution in [3.8, 4) is 0 Å². The molecule has 2 aromatic carbocycles. The number of amides is 1. The van der Waals surface area contributed by atoms with Gasteiger partial charge in [0.2, 0.25) is 0 Å². The van der Waals surface area contributed by atoms with Crippen LogP contribution in [0.1, 0.15) is 21.5 Å². The summed E-state index contributed by atoms with van der Waals surface area (Å²) < 4.78 is 0. The second-order valence-electron chi connectivity index (χ2n) is 4.35. The van der Waals surface area contributed by atoms with Crippen LogP contribution in [-0.4, -0.2) is 5.91 Å². The summed E-state index contributed by atoms with van der Waals surface area (Å²) in [7, 11) is 0. The average molecular weight is 294 g/mol. The van der Waals surface area contributed by atoms with E-state index in [1.54, 1.807) is 18.2 Å². The molecule has 0 aliphatic rings. The van der Waals surface area contributed by atoms with Gasteiger partial charge in [-0.15, -0.1) is 0 Å². The van der Waals surface area contributed by atoms with E-state index in [-0.39, 0.29) is 5.91 Å². The number of para-hydroxylation sites is 1. The van der Waals surface area contributed by atoms with Gasteiger partial charge in [-0.2, -0.15) is 0 Å². The van der Waals surface area contributed by atoms with Crippen LogP contribution >= 0.6 is 23.2 Å². The molecule has 0 aromatic heterocycles. The van der Waals surface area contributed by atoms with E-state index < -0.39 is 0 Å². The Morgan fingerprint density at radius 2 is 1.63 bits per heavy atom. The highest BCUT2D eigenvalue weighted by Crippen LogP contribution is 2.24. The second-order valence-corrected chi connectivity index (χ2v) is 5.16.